The van der Waals surface area contributed by atoms with E-state index in [2.05, 4.69) is 37.9 Å². The van der Waals surface area contributed by atoms with Crippen LogP contribution in [-0.4, -0.2) is 16.9 Å². The summed E-state index contributed by atoms with van der Waals surface area (Å²) in [6.45, 7) is 1.53. The Balaban J connectivity index is 2.08. The van der Waals surface area contributed by atoms with Crippen molar-refractivity contribution in [2.75, 3.05) is 7.05 Å². The third-order valence-electron chi connectivity index (χ3n) is 2.84. The van der Waals surface area contributed by atoms with Gasteiger partial charge in [0.1, 0.15) is 11.8 Å². The highest BCUT2D eigenvalue weighted by molar-refractivity contribution is 9.10. The number of rotatable bonds is 4. The van der Waals surface area contributed by atoms with Crippen LogP contribution in [0.3, 0.4) is 0 Å². The predicted octanol–water partition coefficient (Wildman–Crippen LogP) is 3.35. The van der Waals surface area contributed by atoms with Crippen LogP contribution in [0.15, 0.2) is 47.1 Å². The molecule has 0 bridgehead atoms. The van der Waals surface area contributed by atoms with Crippen molar-refractivity contribution in [3.05, 3.63) is 63.9 Å². The first-order valence-electron chi connectivity index (χ1n) is 5.96. The van der Waals surface area contributed by atoms with E-state index in [0.717, 1.165) is 16.6 Å². The maximum Gasteiger partial charge on any atom is 0.144 e. The molecule has 19 heavy (non-hydrogen) atoms. The van der Waals surface area contributed by atoms with Gasteiger partial charge in [0.2, 0.25) is 0 Å². The van der Waals surface area contributed by atoms with Gasteiger partial charge < -0.3 is 0 Å². The van der Waals surface area contributed by atoms with E-state index in [4.69, 9.17) is 5.26 Å². The topological polar surface area (TPSA) is 39.9 Å². The number of benzene rings is 1. The Kier molecular flexibility index (Phi) is 4.67. The van der Waals surface area contributed by atoms with E-state index in [1.807, 2.05) is 37.4 Å². The molecule has 1 aromatic carbocycles. The highest BCUT2D eigenvalue weighted by atomic mass is 79.9. The van der Waals surface area contributed by atoms with Crippen molar-refractivity contribution in [3.8, 4) is 6.07 Å². The minimum atomic E-state index is 0.501. The van der Waals surface area contributed by atoms with Crippen LogP contribution in [0.2, 0.25) is 0 Å². The fourth-order valence-corrected chi connectivity index (χ4v) is 2.34. The number of hydrogen-bond acceptors (Lipinski definition) is 3. The molecule has 1 aromatic heterocycles. The zero-order valence-electron chi connectivity index (χ0n) is 10.7. The third-order valence-corrected chi connectivity index (χ3v) is 3.61. The molecule has 2 rings (SSSR count). The van der Waals surface area contributed by atoms with Crippen molar-refractivity contribution >= 4 is 15.9 Å². The highest BCUT2D eigenvalue weighted by Gasteiger charge is 2.08. The van der Waals surface area contributed by atoms with Crippen LogP contribution < -0.4 is 0 Å². The van der Waals surface area contributed by atoms with Crippen molar-refractivity contribution in [3.63, 3.8) is 0 Å². The first-order chi connectivity index (χ1) is 9.20. The fourth-order valence-electron chi connectivity index (χ4n) is 1.93. The lowest BCUT2D eigenvalue weighted by Gasteiger charge is -2.18. The summed E-state index contributed by atoms with van der Waals surface area (Å²) in [6, 6.07) is 14.1. The number of halogens is 1. The van der Waals surface area contributed by atoms with Crippen LogP contribution >= 0.6 is 15.9 Å². The third kappa shape index (κ3) is 3.63. The SMILES string of the molecule is CN(Cc1ccccc1Br)Cc1cccnc1C#N. The fraction of sp³-hybridized carbons (Fsp3) is 0.200. The molecule has 1 heterocycles. The Morgan fingerprint density at radius 1 is 1.16 bits per heavy atom. The zero-order chi connectivity index (χ0) is 13.7. The second-order valence-electron chi connectivity index (χ2n) is 4.39. The number of nitrogens with zero attached hydrogens (tertiary/aromatic N) is 3. The maximum absolute atomic E-state index is 9.03. The number of pyridine rings is 1. The van der Waals surface area contributed by atoms with Crippen LogP contribution in [-0.2, 0) is 13.1 Å². The van der Waals surface area contributed by atoms with Gasteiger partial charge >= 0.3 is 0 Å². The van der Waals surface area contributed by atoms with E-state index < -0.39 is 0 Å². The van der Waals surface area contributed by atoms with Gasteiger partial charge in [0.25, 0.3) is 0 Å². The van der Waals surface area contributed by atoms with Crippen molar-refractivity contribution < 1.29 is 0 Å². The number of nitriles is 1. The van der Waals surface area contributed by atoms with E-state index in [9.17, 15) is 0 Å². The lowest BCUT2D eigenvalue weighted by Crippen LogP contribution is -2.18. The summed E-state index contributed by atoms with van der Waals surface area (Å²) in [6.07, 6.45) is 1.65. The second kappa shape index (κ2) is 6.46. The molecule has 0 atom stereocenters. The Labute approximate surface area is 121 Å². The summed E-state index contributed by atoms with van der Waals surface area (Å²) >= 11 is 3.55. The summed E-state index contributed by atoms with van der Waals surface area (Å²) in [5.41, 5.74) is 2.69. The summed E-state index contributed by atoms with van der Waals surface area (Å²) in [5, 5.41) is 9.03. The van der Waals surface area contributed by atoms with Crippen LogP contribution in [0.5, 0.6) is 0 Å². The second-order valence-corrected chi connectivity index (χ2v) is 5.24. The minimum Gasteiger partial charge on any atom is -0.298 e. The van der Waals surface area contributed by atoms with Crippen LogP contribution in [0.1, 0.15) is 16.8 Å². The molecular weight excluding hydrogens is 302 g/mol. The van der Waals surface area contributed by atoms with Crippen molar-refractivity contribution in [1.29, 1.82) is 5.26 Å². The van der Waals surface area contributed by atoms with Gasteiger partial charge in [0.15, 0.2) is 0 Å². The minimum absolute atomic E-state index is 0.501. The molecule has 0 saturated heterocycles. The van der Waals surface area contributed by atoms with Gasteiger partial charge in [-0.25, -0.2) is 4.98 Å². The van der Waals surface area contributed by atoms with Gasteiger partial charge in [-0.3, -0.25) is 4.90 Å². The molecule has 0 N–H and O–H groups in total. The average Bonchev–Trinajstić information content (AvgIpc) is 2.42. The first kappa shape index (κ1) is 13.7. The molecule has 0 saturated carbocycles. The van der Waals surface area contributed by atoms with Crippen LogP contribution in [0, 0.1) is 11.3 Å². The molecule has 3 nitrogen and oxygen atoms in total. The molecule has 4 heteroatoms. The lowest BCUT2D eigenvalue weighted by molar-refractivity contribution is 0.318. The van der Waals surface area contributed by atoms with Gasteiger partial charge in [0.05, 0.1) is 0 Å². The molecule has 96 valence electrons. The van der Waals surface area contributed by atoms with E-state index in [1.54, 1.807) is 6.20 Å². The number of aromatic nitrogens is 1. The molecule has 0 aliphatic heterocycles. The lowest BCUT2D eigenvalue weighted by atomic mass is 10.1. The van der Waals surface area contributed by atoms with Gasteiger partial charge in [0, 0.05) is 29.3 Å². The largest absolute Gasteiger partial charge is 0.298 e. The molecule has 0 amide bonds. The monoisotopic (exact) mass is 315 g/mol. The molecule has 0 unspecified atom stereocenters. The normalized spacial score (nSPS) is 10.4. The van der Waals surface area contributed by atoms with Crippen molar-refractivity contribution in [1.82, 2.24) is 9.88 Å². The van der Waals surface area contributed by atoms with Crippen molar-refractivity contribution in [2.24, 2.45) is 0 Å². The molecule has 2 aromatic rings. The molecule has 0 fully saturated rings. The summed E-state index contributed by atoms with van der Waals surface area (Å²) in [5.74, 6) is 0. The maximum atomic E-state index is 9.03. The van der Waals surface area contributed by atoms with E-state index in [0.29, 0.717) is 12.2 Å². The summed E-state index contributed by atoms with van der Waals surface area (Å²) in [7, 11) is 2.04. The van der Waals surface area contributed by atoms with E-state index >= 15 is 0 Å². The van der Waals surface area contributed by atoms with Crippen LogP contribution in [0.25, 0.3) is 0 Å². The standard InChI is InChI=1S/C15H14BrN3/c1-19(10-12-5-2-3-7-14(12)16)11-13-6-4-8-18-15(13)9-17/h2-8H,10-11H2,1H3. The summed E-state index contributed by atoms with van der Waals surface area (Å²) < 4.78 is 1.11. The molecule has 0 aliphatic carbocycles. The highest BCUT2D eigenvalue weighted by Crippen LogP contribution is 2.18. The first-order valence-corrected chi connectivity index (χ1v) is 6.76. The molecule has 0 spiro atoms. The van der Waals surface area contributed by atoms with Gasteiger partial charge in [-0.05, 0) is 24.7 Å². The van der Waals surface area contributed by atoms with Crippen molar-refractivity contribution in [2.45, 2.75) is 13.1 Å². The zero-order valence-corrected chi connectivity index (χ0v) is 12.3. The van der Waals surface area contributed by atoms with Gasteiger partial charge in [-0.2, -0.15) is 5.26 Å². The quantitative estimate of drug-likeness (QED) is 0.868. The smallest absolute Gasteiger partial charge is 0.144 e. The number of hydrogen-bond donors (Lipinski definition) is 0. The Morgan fingerprint density at radius 3 is 2.58 bits per heavy atom. The van der Waals surface area contributed by atoms with Gasteiger partial charge in [-0.15, -0.1) is 0 Å². The molecule has 0 aliphatic rings. The summed E-state index contributed by atoms with van der Waals surface area (Å²) in [4.78, 5) is 6.24. The van der Waals surface area contributed by atoms with E-state index in [1.165, 1.54) is 5.56 Å². The van der Waals surface area contributed by atoms with Crippen LogP contribution in [0.4, 0.5) is 0 Å². The van der Waals surface area contributed by atoms with Gasteiger partial charge in [-0.1, -0.05) is 40.2 Å². The molecule has 0 radical (unpaired) electrons. The average molecular weight is 316 g/mol. The Hall–Kier alpha value is -1.70. The van der Waals surface area contributed by atoms with E-state index in [-0.39, 0.29) is 0 Å². The predicted molar refractivity (Wildman–Crippen MR) is 78.3 cm³/mol. The Morgan fingerprint density at radius 2 is 1.84 bits per heavy atom. The molecular formula is C15H14BrN3. The Bertz CT molecular complexity index is 604.